The lowest BCUT2D eigenvalue weighted by Gasteiger charge is -2.33. The number of carbonyl (C=O) groups is 1. The molecular weight excluding hydrogens is 264 g/mol. The fourth-order valence-electron chi connectivity index (χ4n) is 4.14. The minimum Gasteiger partial charge on any atom is -0.373 e. The topological polar surface area (TPSA) is 41.6 Å². The molecule has 21 heavy (non-hydrogen) atoms. The van der Waals surface area contributed by atoms with Gasteiger partial charge < -0.3 is 9.64 Å². The van der Waals surface area contributed by atoms with Crippen LogP contribution in [-0.2, 0) is 9.53 Å². The van der Waals surface area contributed by atoms with E-state index in [1.807, 2.05) is 30.3 Å². The van der Waals surface area contributed by atoms with Gasteiger partial charge in [0.05, 0.1) is 24.4 Å². The molecule has 112 valence electrons. The van der Waals surface area contributed by atoms with Crippen LogP contribution in [0.1, 0.15) is 44.2 Å². The molecule has 0 radical (unpaired) electrons. The first-order valence-corrected chi connectivity index (χ1v) is 8.06. The minimum atomic E-state index is -0.199. The second-order valence-electron chi connectivity index (χ2n) is 6.36. The first kappa shape index (κ1) is 13.3. The molecule has 3 heterocycles. The molecule has 3 aliphatic rings. The first-order valence-electron chi connectivity index (χ1n) is 8.06. The predicted octanol–water partition coefficient (Wildman–Crippen LogP) is 2.22. The van der Waals surface area contributed by atoms with Gasteiger partial charge in [0, 0.05) is 0 Å². The van der Waals surface area contributed by atoms with Crippen molar-refractivity contribution in [3.63, 3.8) is 0 Å². The van der Waals surface area contributed by atoms with E-state index in [1.165, 1.54) is 0 Å². The predicted molar refractivity (Wildman–Crippen MR) is 79.5 cm³/mol. The largest absolute Gasteiger partial charge is 0.373 e. The van der Waals surface area contributed by atoms with E-state index in [1.54, 1.807) is 0 Å². The van der Waals surface area contributed by atoms with E-state index in [0.29, 0.717) is 6.10 Å². The molecule has 3 aliphatic heterocycles. The third kappa shape index (κ3) is 2.09. The average Bonchev–Trinajstić information content (AvgIpc) is 3.21. The fraction of sp³-hybridized carbons (Fsp3) is 0.588. The van der Waals surface area contributed by atoms with Gasteiger partial charge >= 0.3 is 0 Å². The van der Waals surface area contributed by atoms with Crippen molar-refractivity contribution < 1.29 is 9.53 Å². The summed E-state index contributed by atoms with van der Waals surface area (Å²) >= 11 is 0. The van der Waals surface area contributed by atoms with Crippen LogP contribution < -0.4 is 5.32 Å². The Hall–Kier alpha value is -1.39. The van der Waals surface area contributed by atoms with Crippen molar-refractivity contribution in [1.82, 2.24) is 10.2 Å². The molecule has 0 spiro atoms. The van der Waals surface area contributed by atoms with Gasteiger partial charge in [-0.1, -0.05) is 37.3 Å². The third-order valence-corrected chi connectivity index (χ3v) is 5.15. The van der Waals surface area contributed by atoms with Crippen LogP contribution in [0.25, 0.3) is 0 Å². The van der Waals surface area contributed by atoms with E-state index in [0.717, 1.165) is 31.2 Å². The summed E-state index contributed by atoms with van der Waals surface area (Å²) in [7, 11) is 0. The fourth-order valence-corrected chi connectivity index (χ4v) is 4.14. The highest BCUT2D eigenvalue weighted by Crippen LogP contribution is 2.40. The molecule has 5 atom stereocenters. The zero-order valence-corrected chi connectivity index (χ0v) is 12.4. The van der Waals surface area contributed by atoms with Gasteiger partial charge in [-0.25, -0.2) is 0 Å². The van der Waals surface area contributed by atoms with E-state index >= 15 is 0 Å². The number of benzene rings is 1. The Morgan fingerprint density at radius 1 is 1.29 bits per heavy atom. The molecule has 3 saturated heterocycles. The van der Waals surface area contributed by atoms with Crippen molar-refractivity contribution in [3.8, 4) is 0 Å². The molecule has 1 aromatic carbocycles. The number of hydrogen-bond acceptors (Lipinski definition) is 3. The Balaban J connectivity index is 1.60. The Labute approximate surface area is 125 Å². The molecule has 1 N–H and O–H groups in total. The quantitative estimate of drug-likeness (QED) is 0.926. The van der Waals surface area contributed by atoms with E-state index < -0.39 is 0 Å². The monoisotopic (exact) mass is 286 g/mol. The molecule has 5 unspecified atom stereocenters. The molecule has 4 heteroatoms. The maximum atomic E-state index is 12.9. The van der Waals surface area contributed by atoms with Crippen LogP contribution >= 0.6 is 0 Å². The number of carbonyl (C=O) groups excluding carboxylic acids is 1. The molecule has 1 amide bonds. The molecule has 0 saturated carbocycles. The molecule has 0 aliphatic carbocycles. The van der Waals surface area contributed by atoms with Gasteiger partial charge in [0.1, 0.15) is 6.04 Å². The van der Waals surface area contributed by atoms with E-state index in [-0.39, 0.29) is 30.3 Å². The van der Waals surface area contributed by atoms with Gasteiger partial charge in [-0.05, 0) is 31.2 Å². The summed E-state index contributed by atoms with van der Waals surface area (Å²) in [5, 5.41) is 3.51. The van der Waals surface area contributed by atoms with Gasteiger partial charge in [0.25, 0.3) is 0 Å². The van der Waals surface area contributed by atoms with Gasteiger partial charge in [0.15, 0.2) is 0 Å². The van der Waals surface area contributed by atoms with Crippen LogP contribution in [0, 0.1) is 0 Å². The second kappa shape index (κ2) is 5.11. The van der Waals surface area contributed by atoms with Gasteiger partial charge in [0.2, 0.25) is 5.91 Å². The summed E-state index contributed by atoms with van der Waals surface area (Å²) in [5.74, 6) is 0.217. The highest BCUT2D eigenvalue weighted by Gasteiger charge is 2.50. The standard InChI is InChI=1S/C17H22N2O2/c1-2-15-18-16(11-6-4-3-5-7-11)17(20)19(15)13-10-12-8-9-14(13)21-12/h3-7,12-16,18H,2,8-10H2,1H3. The van der Waals surface area contributed by atoms with Crippen molar-refractivity contribution in [2.45, 2.75) is 63.1 Å². The van der Waals surface area contributed by atoms with Crippen molar-refractivity contribution in [2.24, 2.45) is 0 Å². The maximum absolute atomic E-state index is 12.9. The Bertz CT molecular complexity index is 533. The molecule has 1 aromatic rings. The summed E-state index contributed by atoms with van der Waals surface area (Å²) in [6.07, 6.45) is 4.97. The summed E-state index contributed by atoms with van der Waals surface area (Å²) in [5.41, 5.74) is 1.06. The molecular formula is C17H22N2O2. The maximum Gasteiger partial charge on any atom is 0.245 e. The molecule has 0 aromatic heterocycles. The summed E-state index contributed by atoms with van der Waals surface area (Å²) < 4.78 is 5.96. The number of nitrogens with zero attached hydrogens (tertiary/aromatic N) is 1. The Kier molecular flexibility index (Phi) is 3.23. The highest BCUT2D eigenvalue weighted by atomic mass is 16.5. The van der Waals surface area contributed by atoms with Crippen molar-refractivity contribution in [1.29, 1.82) is 0 Å². The lowest BCUT2D eigenvalue weighted by molar-refractivity contribution is -0.133. The zero-order chi connectivity index (χ0) is 14.4. The summed E-state index contributed by atoms with van der Waals surface area (Å²) in [4.78, 5) is 15.0. The normalized spacial score (nSPS) is 38.4. The van der Waals surface area contributed by atoms with Crippen LogP contribution in [0.4, 0.5) is 0 Å². The third-order valence-electron chi connectivity index (χ3n) is 5.15. The van der Waals surface area contributed by atoms with Crippen molar-refractivity contribution in [3.05, 3.63) is 35.9 Å². The van der Waals surface area contributed by atoms with Crippen molar-refractivity contribution in [2.75, 3.05) is 0 Å². The van der Waals surface area contributed by atoms with E-state index in [9.17, 15) is 4.79 Å². The highest BCUT2D eigenvalue weighted by molar-refractivity contribution is 5.86. The summed E-state index contributed by atoms with van der Waals surface area (Å²) in [6.45, 7) is 2.14. The first-order chi connectivity index (χ1) is 10.3. The number of fused-ring (bicyclic) bond motifs is 2. The van der Waals surface area contributed by atoms with Gasteiger partial charge in [-0.2, -0.15) is 0 Å². The van der Waals surface area contributed by atoms with Crippen LogP contribution in [0.15, 0.2) is 30.3 Å². The SMILES string of the molecule is CCC1NC(c2ccccc2)C(=O)N1C1CC2CCC1O2. The van der Waals surface area contributed by atoms with Crippen LogP contribution in [-0.4, -0.2) is 35.2 Å². The van der Waals surface area contributed by atoms with Gasteiger partial charge in [-0.3, -0.25) is 10.1 Å². The Morgan fingerprint density at radius 2 is 2.10 bits per heavy atom. The van der Waals surface area contributed by atoms with Gasteiger partial charge in [-0.15, -0.1) is 0 Å². The lowest BCUT2D eigenvalue weighted by Crippen LogP contribution is -2.48. The molecule has 4 nitrogen and oxygen atoms in total. The average molecular weight is 286 g/mol. The number of amides is 1. The van der Waals surface area contributed by atoms with Crippen LogP contribution in [0.3, 0.4) is 0 Å². The molecule has 2 bridgehead atoms. The lowest BCUT2D eigenvalue weighted by atomic mass is 9.93. The Morgan fingerprint density at radius 3 is 2.71 bits per heavy atom. The van der Waals surface area contributed by atoms with Crippen LogP contribution in [0.2, 0.25) is 0 Å². The number of ether oxygens (including phenoxy) is 1. The van der Waals surface area contributed by atoms with E-state index in [2.05, 4.69) is 17.1 Å². The second-order valence-corrected chi connectivity index (χ2v) is 6.36. The summed E-state index contributed by atoms with van der Waals surface area (Å²) in [6, 6.07) is 10.1. The number of rotatable bonds is 3. The number of hydrogen-bond donors (Lipinski definition) is 1. The molecule has 4 rings (SSSR count). The zero-order valence-electron chi connectivity index (χ0n) is 12.4. The minimum absolute atomic E-state index is 0.135. The van der Waals surface area contributed by atoms with Crippen LogP contribution in [0.5, 0.6) is 0 Å². The van der Waals surface area contributed by atoms with E-state index in [4.69, 9.17) is 4.74 Å². The number of nitrogens with one attached hydrogen (secondary N) is 1. The smallest absolute Gasteiger partial charge is 0.245 e. The van der Waals surface area contributed by atoms with Crippen molar-refractivity contribution >= 4 is 5.91 Å². The molecule has 3 fully saturated rings.